The molecule has 0 saturated carbocycles. The van der Waals surface area contributed by atoms with Crippen molar-refractivity contribution in [1.82, 2.24) is 9.88 Å². The van der Waals surface area contributed by atoms with Gasteiger partial charge in [0.1, 0.15) is 5.82 Å². The van der Waals surface area contributed by atoms with E-state index in [1.807, 2.05) is 12.3 Å². The Morgan fingerprint density at radius 3 is 2.57 bits per heavy atom. The molecule has 1 aromatic heterocycles. The molecule has 21 heavy (non-hydrogen) atoms. The topological polar surface area (TPSA) is 28.2 Å². The molecule has 3 heteroatoms. The number of nitrogens with one attached hydrogen (secondary N) is 1. The summed E-state index contributed by atoms with van der Waals surface area (Å²) in [5, 5.41) is 3.40. The lowest BCUT2D eigenvalue weighted by molar-refractivity contribution is 0.319. The quantitative estimate of drug-likeness (QED) is 0.836. The average Bonchev–Trinajstić information content (AvgIpc) is 2.49. The van der Waals surface area contributed by atoms with Gasteiger partial charge in [0.15, 0.2) is 0 Å². The van der Waals surface area contributed by atoms with E-state index in [1.165, 1.54) is 16.7 Å². The molecule has 0 aliphatic heterocycles. The largest absolute Gasteiger partial charge is 0.370 e. The van der Waals surface area contributed by atoms with Crippen LogP contribution in [0.3, 0.4) is 0 Å². The maximum Gasteiger partial charge on any atom is 0.130 e. The molecule has 1 N–H and O–H groups in total. The molecular formula is C18H25N3. The van der Waals surface area contributed by atoms with Crippen LogP contribution in [0, 0.1) is 6.92 Å². The highest BCUT2D eigenvalue weighted by Crippen LogP contribution is 2.15. The van der Waals surface area contributed by atoms with Gasteiger partial charge in [-0.2, -0.15) is 0 Å². The highest BCUT2D eigenvalue weighted by Gasteiger charge is 2.06. The van der Waals surface area contributed by atoms with Gasteiger partial charge in [0.25, 0.3) is 0 Å². The standard InChI is InChI=1S/C18H25N3/c1-4-11-19-18-17(6-5-12-20-18)14-21(3)13-16-9-7-15(2)8-10-16/h5-10,12H,4,11,13-14H2,1-3H3,(H,19,20). The fraction of sp³-hybridized carbons (Fsp3) is 0.389. The second kappa shape index (κ2) is 7.79. The number of rotatable bonds is 7. The van der Waals surface area contributed by atoms with E-state index in [-0.39, 0.29) is 0 Å². The molecule has 2 aromatic rings. The minimum absolute atomic E-state index is 0.897. The van der Waals surface area contributed by atoms with Crippen molar-refractivity contribution in [3.05, 3.63) is 59.3 Å². The molecule has 0 saturated heterocycles. The van der Waals surface area contributed by atoms with Crippen molar-refractivity contribution in [3.8, 4) is 0 Å². The van der Waals surface area contributed by atoms with Crippen LogP contribution in [0.5, 0.6) is 0 Å². The molecule has 3 nitrogen and oxygen atoms in total. The van der Waals surface area contributed by atoms with Gasteiger partial charge >= 0.3 is 0 Å². The third kappa shape index (κ3) is 4.87. The Balaban J connectivity index is 1.98. The minimum Gasteiger partial charge on any atom is -0.370 e. The number of hydrogen-bond acceptors (Lipinski definition) is 3. The van der Waals surface area contributed by atoms with Gasteiger partial charge in [-0.3, -0.25) is 4.90 Å². The smallest absolute Gasteiger partial charge is 0.130 e. The number of nitrogens with zero attached hydrogens (tertiary/aromatic N) is 2. The van der Waals surface area contributed by atoms with Gasteiger partial charge < -0.3 is 5.32 Å². The van der Waals surface area contributed by atoms with Crippen molar-refractivity contribution < 1.29 is 0 Å². The van der Waals surface area contributed by atoms with E-state index in [1.54, 1.807) is 0 Å². The molecule has 0 radical (unpaired) electrons. The molecule has 0 aliphatic carbocycles. The number of aryl methyl sites for hydroxylation is 1. The predicted octanol–water partition coefficient (Wildman–Crippen LogP) is 3.84. The zero-order chi connectivity index (χ0) is 15.1. The Hall–Kier alpha value is -1.87. The van der Waals surface area contributed by atoms with E-state index < -0.39 is 0 Å². The molecule has 0 amide bonds. The van der Waals surface area contributed by atoms with Crippen molar-refractivity contribution in [2.45, 2.75) is 33.4 Å². The van der Waals surface area contributed by atoms with Crippen LogP contribution in [0.25, 0.3) is 0 Å². The third-order valence-corrected chi connectivity index (χ3v) is 3.45. The van der Waals surface area contributed by atoms with Gasteiger partial charge in [0.05, 0.1) is 0 Å². The number of pyridine rings is 1. The van der Waals surface area contributed by atoms with Crippen molar-refractivity contribution in [1.29, 1.82) is 0 Å². The molecule has 0 atom stereocenters. The van der Waals surface area contributed by atoms with Gasteiger partial charge in [-0.05, 0) is 32.0 Å². The summed E-state index contributed by atoms with van der Waals surface area (Å²) in [6.45, 7) is 7.09. The molecule has 0 bridgehead atoms. The maximum absolute atomic E-state index is 4.45. The summed E-state index contributed by atoms with van der Waals surface area (Å²) in [7, 11) is 2.15. The fourth-order valence-electron chi connectivity index (χ4n) is 2.32. The van der Waals surface area contributed by atoms with E-state index >= 15 is 0 Å². The molecule has 1 heterocycles. The second-order valence-corrected chi connectivity index (χ2v) is 5.60. The van der Waals surface area contributed by atoms with E-state index in [2.05, 4.69) is 66.4 Å². The van der Waals surface area contributed by atoms with Crippen molar-refractivity contribution >= 4 is 5.82 Å². The highest BCUT2D eigenvalue weighted by molar-refractivity contribution is 5.43. The van der Waals surface area contributed by atoms with Gasteiger partial charge in [0.2, 0.25) is 0 Å². The summed E-state index contributed by atoms with van der Waals surface area (Å²) in [5.41, 5.74) is 3.90. The number of anilines is 1. The van der Waals surface area contributed by atoms with Gasteiger partial charge in [-0.15, -0.1) is 0 Å². The van der Waals surface area contributed by atoms with E-state index in [9.17, 15) is 0 Å². The van der Waals surface area contributed by atoms with Crippen molar-refractivity contribution in [2.75, 3.05) is 18.9 Å². The normalized spacial score (nSPS) is 10.9. The Morgan fingerprint density at radius 1 is 1.10 bits per heavy atom. The first-order valence-electron chi connectivity index (χ1n) is 7.61. The van der Waals surface area contributed by atoms with Gasteiger partial charge in [-0.1, -0.05) is 42.8 Å². The molecule has 1 aromatic carbocycles. The summed E-state index contributed by atoms with van der Waals surface area (Å²) in [4.78, 5) is 6.77. The monoisotopic (exact) mass is 283 g/mol. The van der Waals surface area contributed by atoms with Gasteiger partial charge in [-0.25, -0.2) is 4.98 Å². The lowest BCUT2D eigenvalue weighted by atomic mass is 10.1. The van der Waals surface area contributed by atoms with Crippen LogP contribution >= 0.6 is 0 Å². The Kier molecular flexibility index (Phi) is 5.76. The molecular weight excluding hydrogens is 258 g/mol. The van der Waals surface area contributed by atoms with Crippen molar-refractivity contribution in [2.24, 2.45) is 0 Å². The zero-order valence-electron chi connectivity index (χ0n) is 13.3. The van der Waals surface area contributed by atoms with Crippen LogP contribution in [0.4, 0.5) is 5.82 Å². The van der Waals surface area contributed by atoms with E-state index in [0.717, 1.165) is 31.9 Å². The summed E-state index contributed by atoms with van der Waals surface area (Å²) in [5.74, 6) is 1.01. The minimum atomic E-state index is 0.897. The first kappa shape index (κ1) is 15.5. The summed E-state index contributed by atoms with van der Waals surface area (Å²) >= 11 is 0. The summed E-state index contributed by atoms with van der Waals surface area (Å²) in [6.07, 6.45) is 2.96. The lowest BCUT2D eigenvalue weighted by Crippen LogP contribution is -2.18. The van der Waals surface area contributed by atoms with E-state index in [0.29, 0.717) is 0 Å². The lowest BCUT2D eigenvalue weighted by Gasteiger charge is -2.19. The van der Waals surface area contributed by atoms with Gasteiger partial charge in [0, 0.05) is 31.4 Å². The Labute approximate surface area is 128 Å². The Bertz CT molecular complexity index is 549. The molecule has 2 rings (SSSR count). The fourth-order valence-corrected chi connectivity index (χ4v) is 2.32. The van der Waals surface area contributed by atoms with Crippen LogP contribution in [-0.4, -0.2) is 23.5 Å². The maximum atomic E-state index is 4.45. The molecule has 0 unspecified atom stereocenters. The van der Waals surface area contributed by atoms with Crippen LogP contribution in [0.2, 0.25) is 0 Å². The predicted molar refractivity (Wildman–Crippen MR) is 89.4 cm³/mol. The second-order valence-electron chi connectivity index (χ2n) is 5.60. The van der Waals surface area contributed by atoms with Crippen LogP contribution in [-0.2, 0) is 13.1 Å². The van der Waals surface area contributed by atoms with Crippen molar-refractivity contribution in [3.63, 3.8) is 0 Å². The first-order chi connectivity index (χ1) is 10.2. The Morgan fingerprint density at radius 2 is 1.86 bits per heavy atom. The molecule has 0 fully saturated rings. The summed E-state index contributed by atoms with van der Waals surface area (Å²) < 4.78 is 0. The number of aromatic nitrogens is 1. The van der Waals surface area contributed by atoms with Crippen LogP contribution in [0.1, 0.15) is 30.0 Å². The molecule has 0 spiro atoms. The number of hydrogen-bond donors (Lipinski definition) is 1. The van der Waals surface area contributed by atoms with E-state index in [4.69, 9.17) is 0 Å². The summed E-state index contributed by atoms with van der Waals surface area (Å²) in [6, 6.07) is 12.9. The zero-order valence-corrected chi connectivity index (χ0v) is 13.3. The first-order valence-corrected chi connectivity index (χ1v) is 7.61. The SMILES string of the molecule is CCCNc1ncccc1CN(C)Cc1ccc(C)cc1. The third-order valence-electron chi connectivity index (χ3n) is 3.45. The van der Waals surface area contributed by atoms with Crippen LogP contribution < -0.4 is 5.32 Å². The van der Waals surface area contributed by atoms with Crippen LogP contribution in [0.15, 0.2) is 42.6 Å². The number of benzene rings is 1. The average molecular weight is 283 g/mol. The highest BCUT2D eigenvalue weighted by atomic mass is 15.1. The molecule has 0 aliphatic rings. The molecule has 112 valence electrons.